The number of hydrogen-bond donors (Lipinski definition) is 1. The fourth-order valence-electron chi connectivity index (χ4n) is 3.72. The van der Waals surface area contributed by atoms with Gasteiger partial charge in [0.05, 0.1) is 18.9 Å². The Kier molecular flexibility index (Phi) is 6.47. The molecule has 0 atom stereocenters. The molecule has 0 fully saturated rings. The molecule has 1 aromatic carbocycles. The van der Waals surface area contributed by atoms with E-state index >= 15 is 0 Å². The summed E-state index contributed by atoms with van der Waals surface area (Å²) in [5, 5.41) is 7.29. The molecular formula is C23H27N3O4. The van der Waals surface area contributed by atoms with Crippen LogP contribution in [0.5, 0.6) is 11.5 Å². The Morgan fingerprint density at radius 2 is 1.93 bits per heavy atom. The average molecular weight is 409 g/mol. The van der Waals surface area contributed by atoms with Gasteiger partial charge in [0.15, 0.2) is 11.5 Å². The number of fused-ring (bicyclic) bond motifs is 1. The van der Waals surface area contributed by atoms with Crippen molar-refractivity contribution in [3.63, 3.8) is 0 Å². The second-order valence-corrected chi connectivity index (χ2v) is 7.63. The van der Waals surface area contributed by atoms with E-state index in [1.165, 1.54) is 29.2 Å². The van der Waals surface area contributed by atoms with E-state index in [4.69, 9.17) is 9.47 Å². The van der Waals surface area contributed by atoms with Crippen LogP contribution in [0.2, 0.25) is 0 Å². The largest absolute Gasteiger partial charge is 0.490 e. The van der Waals surface area contributed by atoms with Gasteiger partial charge >= 0.3 is 0 Å². The second kappa shape index (κ2) is 9.61. The smallest absolute Gasteiger partial charge is 0.267 e. The fraction of sp³-hybridized carbons (Fsp3) is 0.435. The van der Waals surface area contributed by atoms with Crippen molar-refractivity contribution < 1.29 is 14.3 Å². The maximum absolute atomic E-state index is 12.3. The van der Waals surface area contributed by atoms with Crippen LogP contribution in [-0.4, -0.2) is 35.4 Å². The van der Waals surface area contributed by atoms with E-state index in [1.54, 1.807) is 6.07 Å². The lowest BCUT2D eigenvalue weighted by Gasteiger charge is -2.13. The number of carbonyl (C=O) groups is 1. The van der Waals surface area contributed by atoms with Gasteiger partial charge in [0, 0.05) is 24.6 Å². The summed E-state index contributed by atoms with van der Waals surface area (Å²) >= 11 is 0. The van der Waals surface area contributed by atoms with Crippen molar-refractivity contribution in [3.05, 3.63) is 52.3 Å². The molecule has 30 heavy (non-hydrogen) atoms. The lowest BCUT2D eigenvalue weighted by molar-refractivity contribution is -0.121. The zero-order valence-electron chi connectivity index (χ0n) is 17.1. The maximum Gasteiger partial charge on any atom is 0.267 e. The molecule has 2 heterocycles. The predicted octanol–water partition coefficient (Wildman–Crippen LogP) is 3.08. The summed E-state index contributed by atoms with van der Waals surface area (Å²) < 4.78 is 12.6. The normalized spacial score (nSPS) is 15.8. The van der Waals surface area contributed by atoms with E-state index in [-0.39, 0.29) is 18.0 Å². The van der Waals surface area contributed by atoms with Crippen LogP contribution in [-0.2, 0) is 11.3 Å². The number of ether oxygens (including phenoxy) is 2. The van der Waals surface area contributed by atoms with Gasteiger partial charge in [-0.3, -0.25) is 9.59 Å². The summed E-state index contributed by atoms with van der Waals surface area (Å²) in [4.78, 5) is 24.5. The topological polar surface area (TPSA) is 82.5 Å². The molecule has 2 aliphatic rings. The molecule has 1 aliphatic carbocycles. The number of benzene rings is 1. The standard InChI is InChI=1S/C23H27N3O4/c27-22(24-12-11-17-5-2-1-3-6-17)16-26-23(28)10-8-19(25-26)18-7-9-20-21(15-18)30-14-4-13-29-20/h5,7-10,15H,1-4,6,11-14,16H2,(H,24,27). The van der Waals surface area contributed by atoms with E-state index in [2.05, 4.69) is 16.5 Å². The van der Waals surface area contributed by atoms with Crippen molar-refractivity contribution in [1.82, 2.24) is 15.1 Å². The van der Waals surface area contributed by atoms with Crippen LogP contribution in [0, 0.1) is 0 Å². The molecule has 0 spiro atoms. The SMILES string of the molecule is O=C(Cn1nc(-c2ccc3c(c2)OCCCO3)ccc1=O)NCCC1=CCCCC1. The lowest BCUT2D eigenvalue weighted by atomic mass is 9.97. The molecule has 7 nitrogen and oxygen atoms in total. The molecule has 0 bridgehead atoms. The number of aromatic nitrogens is 2. The van der Waals surface area contributed by atoms with Gasteiger partial charge in [-0.1, -0.05) is 11.6 Å². The molecule has 1 aliphatic heterocycles. The summed E-state index contributed by atoms with van der Waals surface area (Å²) in [5.41, 5.74) is 2.51. The first-order chi connectivity index (χ1) is 14.7. The quantitative estimate of drug-likeness (QED) is 0.742. The second-order valence-electron chi connectivity index (χ2n) is 7.63. The lowest BCUT2D eigenvalue weighted by Crippen LogP contribution is -2.34. The Balaban J connectivity index is 1.41. The molecule has 2 aromatic rings. The molecule has 1 N–H and O–H groups in total. The molecule has 158 valence electrons. The van der Waals surface area contributed by atoms with Crippen LogP contribution in [0.1, 0.15) is 38.5 Å². The molecule has 4 rings (SSSR count). The Morgan fingerprint density at radius 1 is 1.07 bits per heavy atom. The van der Waals surface area contributed by atoms with Crippen LogP contribution in [0.4, 0.5) is 0 Å². The van der Waals surface area contributed by atoms with Gasteiger partial charge in [-0.2, -0.15) is 5.10 Å². The van der Waals surface area contributed by atoms with Crippen LogP contribution < -0.4 is 20.3 Å². The Hall–Kier alpha value is -3.09. The number of rotatable bonds is 6. The van der Waals surface area contributed by atoms with E-state index < -0.39 is 0 Å². The molecule has 0 saturated carbocycles. The zero-order valence-corrected chi connectivity index (χ0v) is 17.1. The van der Waals surface area contributed by atoms with Gasteiger partial charge < -0.3 is 14.8 Å². The molecule has 7 heteroatoms. The monoisotopic (exact) mass is 409 g/mol. The molecule has 0 saturated heterocycles. The highest BCUT2D eigenvalue weighted by Gasteiger charge is 2.13. The van der Waals surface area contributed by atoms with E-state index in [0.717, 1.165) is 31.2 Å². The number of allylic oxidation sites excluding steroid dienone is 1. The Bertz CT molecular complexity index is 996. The van der Waals surface area contributed by atoms with E-state index in [9.17, 15) is 9.59 Å². The number of carbonyl (C=O) groups excluding carboxylic acids is 1. The Labute approximate surface area is 175 Å². The summed E-state index contributed by atoms with van der Waals surface area (Å²) in [6.45, 7) is 1.71. The molecule has 0 unspecified atom stereocenters. The fourth-order valence-corrected chi connectivity index (χ4v) is 3.72. The van der Waals surface area contributed by atoms with Crippen molar-refractivity contribution in [2.75, 3.05) is 19.8 Å². The van der Waals surface area contributed by atoms with Crippen molar-refractivity contribution in [1.29, 1.82) is 0 Å². The summed E-state index contributed by atoms with van der Waals surface area (Å²) in [7, 11) is 0. The van der Waals surface area contributed by atoms with Gasteiger partial charge in [-0.25, -0.2) is 4.68 Å². The molecular weight excluding hydrogens is 382 g/mol. The van der Waals surface area contributed by atoms with Gasteiger partial charge in [-0.05, 0) is 56.4 Å². The minimum Gasteiger partial charge on any atom is -0.490 e. The summed E-state index contributed by atoms with van der Waals surface area (Å²) in [5.74, 6) is 1.16. The zero-order chi connectivity index (χ0) is 20.8. The molecule has 1 amide bonds. The third-order valence-electron chi connectivity index (χ3n) is 5.36. The van der Waals surface area contributed by atoms with Gasteiger partial charge in [0.1, 0.15) is 6.54 Å². The predicted molar refractivity (Wildman–Crippen MR) is 114 cm³/mol. The van der Waals surface area contributed by atoms with Crippen molar-refractivity contribution in [2.45, 2.75) is 45.1 Å². The number of nitrogens with zero attached hydrogens (tertiary/aromatic N) is 2. The third-order valence-corrected chi connectivity index (χ3v) is 5.36. The van der Waals surface area contributed by atoms with E-state index in [1.807, 2.05) is 18.2 Å². The minimum absolute atomic E-state index is 0.101. The Morgan fingerprint density at radius 3 is 2.77 bits per heavy atom. The third kappa shape index (κ3) is 5.09. The first-order valence-corrected chi connectivity index (χ1v) is 10.6. The number of amides is 1. The highest BCUT2D eigenvalue weighted by atomic mass is 16.5. The molecule has 1 aromatic heterocycles. The first-order valence-electron chi connectivity index (χ1n) is 10.6. The van der Waals surface area contributed by atoms with Gasteiger partial charge in [0.25, 0.3) is 5.56 Å². The number of hydrogen-bond acceptors (Lipinski definition) is 5. The van der Waals surface area contributed by atoms with Crippen molar-refractivity contribution in [2.24, 2.45) is 0 Å². The minimum atomic E-state index is -0.307. The van der Waals surface area contributed by atoms with Crippen LogP contribution >= 0.6 is 0 Å². The highest BCUT2D eigenvalue weighted by molar-refractivity contribution is 5.75. The summed E-state index contributed by atoms with van der Waals surface area (Å²) in [6.07, 6.45) is 8.71. The van der Waals surface area contributed by atoms with Crippen LogP contribution in [0.15, 0.2) is 46.8 Å². The van der Waals surface area contributed by atoms with Crippen LogP contribution in [0.25, 0.3) is 11.3 Å². The molecule has 0 radical (unpaired) electrons. The average Bonchev–Trinajstić information content (AvgIpc) is 3.01. The van der Waals surface area contributed by atoms with Crippen LogP contribution in [0.3, 0.4) is 0 Å². The maximum atomic E-state index is 12.3. The van der Waals surface area contributed by atoms with Crippen molar-refractivity contribution >= 4 is 5.91 Å². The van der Waals surface area contributed by atoms with E-state index in [0.29, 0.717) is 37.0 Å². The summed E-state index contributed by atoms with van der Waals surface area (Å²) in [6, 6.07) is 8.68. The van der Waals surface area contributed by atoms with Crippen molar-refractivity contribution in [3.8, 4) is 22.8 Å². The number of nitrogens with one attached hydrogen (secondary N) is 1. The highest BCUT2D eigenvalue weighted by Crippen LogP contribution is 2.33. The van der Waals surface area contributed by atoms with Gasteiger partial charge in [-0.15, -0.1) is 0 Å². The first kappa shape index (κ1) is 20.2. The van der Waals surface area contributed by atoms with Gasteiger partial charge in [0.2, 0.25) is 5.91 Å².